The summed E-state index contributed by atoms with van der Waals surface area (Å²) in [6.07, 6.45) is 0. The van der Waals surface area contributed by atoms with Crippen molar-refractivity contribution in [1.82, 2.24) is 9.97 Å². The fourth-order valence-corrected chi connectivity index (χ4v) is 4.94. The second-order valence-electron chi connectivity index (χ2n) is 6.53. The van der Waals surface area contributed by atoms with Gasteiger partial charge in [-0.3, -0.25) is 9.59 Å². The summed E-state index contributed by atoms with van der Waals surface area (Å²) in [6.45, 7) is 3.99. The van der Waals surface area contributed by atoms with Gasteiger partial charge in [-0.2, -0.15) is 0 Å². The molecular formula is C22H18N2O2S2. The molecule has 0 aliphatic rings. The summed E-state index contributed by atoms with van der Waals surface area (Å²) in [7, 11) is 0. The van der Waals surface area contributed by atoms with Crippen LogP contribution in [-0.4, -0.2) is 21.5 Å². The molecule has 0 aliphatic heterocycles. The molecule has 0 fully saturated rings. The summed E-state index contributed by atoms with van der Waals surface area (Å²) >= 11 is 2.76. The number of fused-ring (bicyclic) bond motifs is 1. The van der Waals surface area contributed by atoms with E-state index in [1.807, 2.05) is 68.4 Å². The summed E-state index contributed by atoms with van der Waals surface area (Å²) in [5.41, 5.74) is 3.55. The van der Waals surface area contributed by atoms with Crippen LogP contribution in [0.3, 0.4) is 0 Å². The van der Waals surface area contributed by atoms with Crippen LogP contribution < -0.4 is 5.56 Å². The van der Waals surface area contributed by atoms with Crippen molar-refractivity contribution in [2.45, 2.75) is 19.0 Å². The van der Waals surface area contributed by atoms with Gasteiger partial charge in [-0.15, -0.1) is 11.3 Å². The Morgan fingerprint density at radius 1 is 1.07 bits per heavy atom. The fraction of sp³-hybridized carbons (Fsp3) is 0.136. The van der Waals surface area contributed by atoms with Crippen molar-refractivity contribution in [3.63, 3.8) is 0 Å². The molecule has 0 amide bonds. The molecule has 2 heterocycles. The van der Waals surface area contributed by atoms with Gasteiger partial charge >= 0.3 is 0 Å². The van der Waals surface area contributed by atoms with Crippen molar-refractivity contribution in [3.8, 4) is 11.1 Å². The third-order valence-electron chi connectivity index (χ3n) is 4.49. The molecule has 0 atom stereocenters. The van der Waals surface area contributed by atoms with Gasteiger partial charge in [0.15, 0.2) is 10.9 Å². The number of rotatable bonds is 5. The van der Waals surface area contributed by atoms with Gasteiger partial charge in [0.1, 0.15) is 4.83 Å². The van der Waals surface area contributed by atoms with Crippen molar-refractivity contribution in [2.75, 3.05) is 5.75 Å². The van der Waals surface area contributed by atoms with Crippen LogP contribution in [0.5, 0.6) is 0 Å². The van der Waals surface area contributed by atoms with Gasteiger partial charge in [0.2, 0.25) is 0 Å². The van der Waals surface area contributed by atoms with Crippen LogP contribution in [0.2, 0.25) is 0 Å². The Labute approximate surface area is 170 Å². The van der Waals surface area contributed by atoms with Crippen LogP contribution in [0.1, 0.15) is 20.8 Å². The Morgan fingerprint density at radius 3 is 2.50 bits per heavy atom. The first kappa shape index (κ1) is 18.7. The predicted octanol–water partition coefficient (Wildman–Crippen LogP) is 5.24. The molecule has 0 unspecified atom stereocenters. The standard InChI is InChI=1S/C22H18N2O2S2/c1-13-8-10-15(11-9-13)17(25)12-27-22-23-20(26)19-18(14(2)28-21(19)24-22)16-6-4-3-5-7-16/h3-11H,12H2,1-2H3,(H,23,24,26). The number of nitrogens with zero attached hydrogens (tertiary/aromatic N) is 1. The minimum Gasteiger partial charge on any atom is -0.301 e. The van der Waals surface area contributed by atoms with Gasteiger partial charge in [-0.05, 0) is 19.4 Å². The van der Waals surface area contributed by atoms with Crippen LogP contribution >= 0.6 is 23.1 Å². The van der Waals surface area contributed by atoms with Crippen LogP contribution in [0.15, 0.2) is 64.5 Å². The highest BCUT2D eigenvalue weighted by Crippen LogP contribution is 2.35. The maximum atomic E-state index is 12.8. The summed E-state index contributed by atoms with van der Waals surface area (Å²) in [5, 5.41) is 1.08. The summed E-state index contributed by atoms with van der Waals surface area (Å²) in [4.78, 5) is 34.3. The number of ketones is 1. The van der Waals surface area contributed by atoms with Crippen molar-refractivity contribution in [1.29, 1.82) is 0 Å². The average molecular weight is 407 g/mol. The van der Waals surface area contributed by atoms with E-state index in [1.54, 1.807) is 0 Å². The summed E-state index contributed by atoms with van der Waals surface area (Å²) in [5.74, 6) is 0.244. The number of carbonyl (C=O) groups is 1. The highest BCUT2D eigenvalue weighted by molar-refractivity contribution is 7.99. The lowest BCUT2D eigenvalue weighted by Crippen LogP contribution is -2.10. The van der Waals surface area contributed by atoms with Gasteiger partial charge in [-0.1, -0.05) is 71.9 Å². The first-order chi connectivity index (χ1) is 13.5. The molecule has 2 aromatic heterocycles. The number of H-pyrrole nitrogens is 1. The van der Waals surface area contributed by atoms with E-state index in [1.165, 1.54) is 23.1 Å². The first-order valence-electron chi connectivity index (χ1n) is 8.84. The van der Waals surface area contributed by atoms with E-state index in [-0.39, 0.29) is 17.1 Å². The average Bonchev–Trinajstić information content (AvgIpc) is 3.03. The van der Waals surface area contributed by atoms with E-state index >= 15 is 0 Å². The molecule has 6 heteroatoms. The van der Waals surface area contributed by atoms with Crippen molar-refractivity contribution >= 4 is 39.1 Å². The molecule has 0 saturated heterocycles. The topological polar surface area (TPSA) is 62.8 Å². The molecule has 2 aromatic carbocycles. The Kier molecular flexibility index (Phi) is 5.15. The summed E-state index contributed by atoms with van der Waals surface area (Å²) in [6, 6.07) is 17.4. The van der Waals surface area contributed by atoms with Gasteiger partial charge in [-0.25, -0.2) is 4.98 Å². The zero-order chi connectivity index (χ0) is 19.7. The number of thioether (sulfide) groups is 1. The highest BCUT2D eigenvalue weighted by Gasteiger charge is 2.17. The minimum atomic E-state index is -0.168. The highest BCUT2D eigenvalue weighted by atomic mass is 32.2. The fourth-order valence-electron chi connectivity index (χ4n) is 3.08. The second kappa shape index (κ2) is 7.73. The van der Waals surface area contributed by atoms with Gasteiger partial charge < -0.3 is 4.98 Å². The maximum Gasteiger partial charge on any atom is 0.260 e. The zero-order valence-corrected chi connectivity index (χ0v) is 17.1. The van der Waals surface area contributed by atoms with Gasteiger partial charge in [0.05, 0.1) is 11.1 Å². The number of carbonyl (C=O) groups excluding carboxylic acids is 1. The smallest absolute Gasteiger partial charge is 0.260 e. The number of aromatic nitrogens is 2. The molecule has 0 saturated carbocycles. The number of nitrogens with one attached hydrogen (secondary N) is 1. The number of thiophene rings is 1. The molecule has 0 aliphatic carbocycles. The van der Waals surface area contributed by atoms with Crippen LogP contribution in [0.4, 0.5) is 0 Å². The SMILES string of the molecule is Cc1ccc(C(=O)CSc2nc3sc(C)c(-c4ccccc4)c3c(=O)[nH]2)cc1. The van der Waals surface area contributed by atoms with Crippen molar-refractivity contribution < 1.29 is 4.79 Å². The zero-order valence-electron chi connectivity index (χ0n) is 15.5. The van der Waals surface area contributed by atoms with Crippen LogP contribution in [-0.2, 0) is 0 Å². The molecule has 28 heavy (non-hydrogen) atoms. The second-order valence-corrected chi connectivity index (χ2v) is 8.70. The third kappa shape index (κ3) is 3.66. The molecule has 140 valence electrons. The molecule has 0 bridgehead atoms. The molecule has 0 radical (unpaired) electrons. The van der Waals surface area contributed by atoms with Crippen molar-refractivity contribution in [2.24, 2.45) is 0 Å². The predicted molar refractivity (Wildman–Crippen MR) is 117 cm³/mol. The molecule has 4 nitrogen and oxygen atoms in total. The lowest BCUT2D eigenvalue weighted by Gasteiger charge is -2.03. The normalized spacial score (nSPS) is 11.1. The van der Waals surface area contributed by atoms with E-state index < -0.39 is 0 Å². The van der Waals surface area contributed by atoms with E-state index in [2.05, 4.69) is 9.97 Å². The number of aromatic amines is 1. The molecular weight excluding hydrogens is 388 g/mol. The Bertz CT molecular complexity index is 1210. The Hall–Kier alpha value is -2.70. The minimum absolute atomic E-state index is 0.0140. The van der Waals surface area contributed by atoms with Crippen molar-refractivity contribution in [3.05, 3.63) is 81.0 Å². The quantitative estimate of drug-likeness (QED) is 0.280. The van der Waals surface area contributed by atoms with E-state index in [4.69, 9.17) is 0 Å². The van der Waals surface area contributed by atoms with E-state index in [9.17, 15) is 9.59 Å². The number of hydrogen-bond donors (Lipinski definition) is 1. The number of Topliss-reactive ketones (excluding diaryl/α,β-unsaturated/α-hetero) is 1. The monoisotopic (exact) mass is 406 g/mol. The maximum absolute atomic E-state index is 12.8. The molecule has 4 aromatic rings. The van der Waals surface area contributed by atoms with Crippen LogP contribution in [0.25, 0.3) is 21.3 Å². The number of hydrogen-bond acceptors (Lipinski definition) is 5. The van der Waals surface area contributed by atoms with Gasteiger partial charge in [0.25, 0.3) is 5.56 Å². The third-order valence-corrected chi connectivity index (χ3v) is 6.36. The van der Waals surface area contributed by atoms with E-state index in [0.29, 0.717) is 20.9 Å². The number of aryl methyl sites for hydroxylation is 2. The molecule has 4 rings (SSSR count). The Balaban J connectivity index is 1.63. The molecule has 0 spiro atoms. The van der Waals surface area contributed by atoms with Gasteiger partial charge in [0, 0.05) is 16.0 Å². The summed E-state index contributed by atoms with van der Waals surface area (Å²) < 4.78 is 0. The van der Waals surface area contributed by atoms with E-state index in [0.717, 1.165) is 21.6 Å². The lowest BCUT2D eigenvalue weighted by molar-refractivity contribution is 0.102. The lowest BCUT2D eigenvalue weighted by atomic mass is 10.0. The Morgan fingerprint density at radius 2 is 1.79 bits per heavy atom. The first-order valence-corrected chi connectivity index (χ1v) is 10.6. The number of benzene rings is 2. The molecule has 1 N–H and O–H groups in total. The van der Waals surface area contributed by atoms with Crippen LogP contribution in [0, 0.1) is 13.8 Å². The largest absolute Gasteiger partial charge is 0.301 e.